The SMILES string of the molecule is COCCNCC1(O)CCCC1C. The van der Waals surface area contributed by atoms with Crippen LogP contribution in [0, 0.1) is 5.92 Å². The quantitative estimate of drug-likeness (QED) is 0.625. The Morgan fingerprint density at radius 3 is 2.92 bits per heavy atom. The second-order valence-corrected chi connectivity index (χ2v) is 4.07. The van der Waals surface area contributed by atoms with E-state index in [0.717, 1.165) is 25.8 Å². The van der Waals surface area contributed by atoms with Crippen LogP contribution in [0.1, 0.15) is 26.2 Å². The summed E-state index contributed by atoms with van der Waals surface area (Å²) >= 11 is 0. The Morgan fingerprint density at radius 2 is 2.38 bits per heavy atom. The van der Waals surface area contributed by atoms with Crippen LogP contribution in [0.15, 0.2) is 0 Å². The predicted molar refractivity (Wildman–Crippen MR) is 52.7 cm³/mol. The van der Waals surface area contributed by atoms with Crippen molar-refractivity contribution in [1.29, 1.82) is 0 Å². The largest absolute Gasteiger partial charge is 0.388 e. The molecule has 1 aliphatic rings. The zero-order valence-corrected chi connectivity index (χ0v) is 8.68. The van der Waals surface area contributed by atoms with Crippen molar-refractivity contribution >= 4 is 0 Å². The number of hydrogen-bond donors (Lipinski definition) is 2. The van der Waals surface area contributed by atoms with E-state index in [-0.39, 0.29) is 0 Å². The van der Waals surface area contributed by atoms with Gasteiger partial charge in [-0.3, -0.25) is 0 Å². The van der Waals surface area contributed by atoms with E-state index in [0.29, 0.717) is 19.1 Å². The lowest BCUT2D eigenvalue weighted by atomic mass is 9.92. The van der Waals surface area contributed by atoms with Crippen molar-refractivity contribution in [3.63, 3.8) is 0 Å². The second-order valence-electron chi connectivity index (χ2n) is 4.07. The molecule has 0 saturated heterocycles. The van der Waals surface area contributed by atoms with Crippen molar-refractivity contribution in [3.8, 4) is 0 Å². The van der Waals surface area contributed by atoms with Crippen LogP contribution in [0.5, 0.6) is 0 Å². The third-order valence-electron chi connectivity index (χ3n) is 3.08. The maximum absolute atomic E-state index is 10.2. The summed E-state index contributed by atoms with van der Waals surface area (Å²) < 4.78 is 4.92. The number of ether oxygens (including phenoxy) is 1. The zero-order chi connectivity index (χ0) is 9.73. The average Bonchev–Trinajstić information content (AvgIpc) is 2.42. The Kier molecular flexibility index (Phi) is 4.16. The highest BCUT2D eigenvalue weighted by molar-refractivity contribution is 4.91. The van der Waals surface area contributed by atoms with Gasteiger partial charge in [-0.2, -0.15) is 0 Å². The van der Waals surface area contributed by atoms with Gasteiger partial charge in [-0.1, -0.05) is 13.3 Å². The zero-order valence-electron chi connectivity index (χ0n) is 8.68. The molecule has 1 rings (SSSR count). The van der Waals surface area contributed by atoms with Gasteiger partial charge in [0.1, 0.15) is 0 Å². The molecule has 2 unspecified atom stereocenters. The molecule has 78 valence electrons. The van der Waals surface area contributed by atoms with Gasteiger partial charge < -0.3 is 15.2 Å². The monoisotopic (exact) mass is 187 g/mol. The fraction of sp³-hybridized carbons (Fsp3) is 1.00. The van der Waals surface area contributed by atoms with E-state index in [4.69, 9.17) is 4.74 Å². The highest BCUT2D eigenvalue weighted by atomic mass is 16.5. The molecule has 3 heteroatoms. The first-order chi connectivity index (χ1) is 6.19. The van der Waals surface area contributed by atoms with E-state index in [9.17, 15) is 5.11 Å². The lowest BCUT2D eigenvalue weighted by Gasteiger charge is -2.27. The molecule has 0 radical (unpaired) electrons. The lowest BCUT2D eigenvalue weighted by Crippen LogP contribution is -2.43. The summed E-state index contributed by atoms with van der Waals surface area (Å²) in [5, 5.41) is 13.4. The second kappa shape index (κ2) is 4.94. The molecule has 0 aliphatic heterocycles. The number of nitrogens with one attached hydrogen (secondary N) is 1. The van der Waals surface area contributed by atoms with E-state index in [1.165, 1.54) is 0 Å². The number of hydrogen-bond acceptors (Lipinski definition) is 3. The van der Waals surface area contributed by atoms with Crippen LogP contribution in [0.2, 0.25) is 0 Å². The summed E-state index contributed by atoms with van der Waals surface area (Å²) in [6.07, 6.45) is 3.25. The first kappa shape index (κ1) is 11.0. The van der Waals surface area contributed by atoms with Crippen LogP contribution in [0.25, 0.3) is 0 Å². The molecule has 0 amide bonds. The summed E-state index contributed by atoms with van der Waals surface area (Å²) in [4.78, 5) is 0. The van der Waals surface area contributed by atoms with Crippen LogP contribution in [-0.4, -0.2) is 37.5 Å². The molecule has 0 aromatic rings. The maximum Gasteiger partial charge on any atom is 0.0796 e. The molecule has 0 aromatic heterocycles. The molecule has 2 N–H and O–H groups in total. The molecule has 3 nitrogen and oxygen atoms in total. The summed E-state index contributed by atoms with van der Waals surface area (Å²) in [6.45, 7) is 4.37. The molecular weight excluding hydrogens is 166 g/mol. The maximum atomic E-state index is 10.2. The molecule has 0 spiro atoms. The van der Waals surface area contributed by atoms with E-state index in [2.05, 4.69) is 12.2 Å². The first-order valence-corrected chi connectivity index (χ1v) is 5.11. The van der Waals surface area contributed by atoms with Crippen LogP contribution in [0.3, 0.4) is 0 Å². The van der Waals surface area contributed by atoms with Crippen LogP contribution in [-0.2, 0) is 4.74 Å². The molecule has 1 fully saturated rings. The van der Waals surface area contributed by atoms with E-state index in [1.54, 1.807) is 7.11 Å². The van der Waals surface area contributed by atoms with Crippen molar-refractivity contribution in [2.24, 2.45) is 5.92 Å². The minimum atomic E-state index is -0.465. The van der Waals surface area contributed by atoms with E-state index >= 15 is 0 Å². The van der Waals surface area contributed by atoms with Gasteiger partial charge in [0.25, 0.3) is 0 Å². The Hall–Kier alpha value is -0.120. The molecule has 0 aromatic carbocycles. The third kappa shape index (κ3) is 2.93. The average molecular weight is 187 g/mol. The lowest BCUT2D eigenvalue weighted by molar-refractivity contribution is 0.00892. The topological polar surface area (TPSA) is 41.5 Å². The number of methoxy groups -OCH3 is 1. The Morgan fingerprint density at radius 1 is 1.62 bits per heavy atom. The van der Waals surface area contributed by atoms with Crippen LogP contribution < -0.4 is 5.32 Å². The summed E-state index contributed by atoms with van der Waals surface area (Å²) in [7, 11) is 1.69. The third-order valence-corrected chi connectivity index (χ3v) is 3.08. The standard InChI is InChI=1S/C10H21NO2/c1-9-4-3-5-10(9,12)8-11-6-7-13-2/h9,11-12H,3-8H2,1-2H3. The molecule has 0 bridgehead atoms. The van der Waals surface area contributed by atoms with Crippen LogP contribution >= 0.6 is 0 Å². The van der Waals surface area contributed by atoms with Crippen molar-refractivity contribution in [2.75, 3.05) is 26.8 Å². The van der Waals surface area contributed by atoms with Crippen molar-refractivity contribution in [2.45, 2.75) is 31.8 Å². The highest BCUT2D eigenvalue weighted by Crippen LogP contribution is 2.34. The van der Waals surface area contributed by atoms with Gasteiger partial charge in [0, 0.05) is 20.2 Å². The first-order valence-electron chi connectivity index (χ1n) is 5.11. The highest BCUT2D eigenvalue weighted by Gasteiger charge is 2.37. The summed E-state index contributed by atoms with van der Waals surface area (Å²) in [6, 6.07) is 0. The Balaban J connectivity index is 2.18. The van der Waals surface area contributed by atoms with Gasteiger partial charge in [0.2, 0.25) is 0 Å². The van der Waals surface area contributed by atoms with Crippen molar-refractivity contribution in [3.05, 3.63) is 0 Å². The minimum absolute atomic E-state index is 0.433. The summed E-state index contributed by atoms with van der Waals surface area (Å²) in [5.74, 6) is 0.433. The van der Waals surface area contributed by atoms with Gasteiger partial charge in [0.15, 0.2) is 0 Å². The van der Waals surface area contributed by atoms with Gasteiger partial charge in [0.05, 0.1) is 12.2 Å². The molecule has 13 heavy (non-hydrogen) atoms. The van der Waals surface area contributed by atoms with Gasteiger partial charge in [-0.05, 0) is 18.8 Å². The molecule has 0 heterocycles. The molecule has 2 atom stereocenters. The number of aliphatic hydroxyl groups is 1. The molecule has 1 saturated carbocycles. The van der Waals surface area contributed by atoms with Gasteiger partial charge in [-0.15, -0.1) is 0 Å². The number of rotatable bonds is 5. The summed E-state index contributed by atoms with van der Waals surface area (Å²) in [5.41, 5.74) is -0.465. The smallest absolute Gasteiger partial charge is 0.0796 e. The molecular formula is C10H21NO2. The predicted octanol–water partition coefficient (Wildman–Crippen LogP) is 0.773. The fourth-order valence-corrected chi connectivity index (χ4v) is 1.97. The van der Waals surface area contributed by atoms with Crippen LogP contribution in [0.4, 0.5) is 0 Å². The minimum Gasteiger partial charge on any atom is -0.388 e. The van der Waals surface area contributed by atoms with E-state index in [1.807, 2.05) is 0 Å². The normalized spacial score (nSPS) is 33.9. The Labute approximate surface area is 80.5 Å². The molecule has 1 aliphatic carbocycles. The van der Waals surface area contributed by atoms with Gasteiger partial charge in [-0.25, -0.2) is 0 Å². The van der Waals surface area contributed by atoms with E-state index < -0.39 is 5.60 Å². The Bertz CT molecular complexity index is 152. The van der Waals surface area contributed by atoms with Gasteiger partial charge >= 0.3 is 0 Å². The van der Waals surface area contributed by atoms with Crippen molar-refractivity contribution < 1.29 is 9.84 Å². The fourth-order valence-electron chi connectivity index (χ4n) is 1.97. The van der Waals surface area contributed by atoms with Crippen molar-refractivity contribution in [1.82, 2.24) is 5.32 Å².